The average molecular weight is 287 g/mol. The van der Waals surface area contributed by atoms with E-state index in [9.17, 15) is 0 Å². The monoisotopic (exact) mass is 287 g/mol. The molecular formula is C18H25NO2. The highest BCUT2D eigenvalue weighted by Crippen LogP contribution is 2.35. The zero-order valence-electron chi connectivity index (χ0n) is 13.2. The summed E-state index contributed by atoms with van der Waals surface area (Å²) in [6, 6.07) is 8.51. The van der Waals surface area contributed by atoms with Crippen LogP contribution in [0, 0.1) is 0 Å². The molecular weight excluding hydrogens is 262 g/mol. The standard InChI is InChI=1S/C18H25NO2/c1-4-14-15-8-5-6-9-16(15)21-17(14)13(2)19-12-18(20-3)10-7-11-18/h5-6,8-9,13,19H,4,7,10-12H2,1-3H3. The minimum atomic E-state index is 0.0483. The van der Waals surface area contributed by atoms with E-state index in [4.69, 9.17) is 9.15 Å². The molecule has 21 heavy (non-hydrogen) atoms. The maximum atomic E-state index is 6.10. The van der Waals surface area contributed by atoms with Crippen LogP contribution in [0.25, 0.3) is 11.0 Å². The smallest absolute Gasteiger partial charge is 0.134 e. The summed E-state index contributed by atoms with van der Waals surface area (Å²) in [6.07, 6.45) is 4.58. The summed E-state index contributed by atoms with van der Waals surface area (Å²) < 4.78 is 11.8. The molecule has 0 aliphatic heterocycles. The summed E-state index contributed by atoms with van der Waals surface area (Å²) in [7, 11) is 1.82. The molecule has 1 unspecified atom stereocenters. The molecule has 1 N–H and O–H groups in total. The zero-order valence-corrected chi connectivity index (χ0v) is 13.2. The third-order valence-electron chi connectivity index (χ3n) is 4.90. The second-order valence-corrected chi connectivity index (χ2v) is 6.14. The summed E-state index contributed by atoms with van der Waals surface area (Å²) in [6.45, 7) is 5.26. The first-order chi connectivity index (χ1) is 10.2. The van der Waals surface area contributed by atoms with Crippen LogP contribution in [0.4, 0.5) is 0 Å². The van der Waals surface area contributed by atoms with Crippen molar-refractivity contribution in [2.75, 3.05) is 13.7 Å². The van der Waals surface area contributed by atoms with E-state index in [2.05, 4.69) is 31.3 Å². The number of para-hydroxylation sites is 1. The Hall–Kier alpha value is -1.32. The first-order valence-corrected chi connectivity index (χ1v) is 7.98. The van der Waals surface area contributed by atoms with Crippen molar-refractivity contribution < 1.29 is 9.15 Å². The molecule has 1 saturated carbocycles. The number of benzene rings is 1. The Kier molecular flexibility index (Phi) is 4.05. The van der Waals surface area contributed by atoms with Crippen LogP contribution in [0.3, 0.4) is 0 Å². The van der Waals surface area contributed by atoms with Gasteiger partial charge < -0.3 is 14.5 Å². The molecule has 0 saturated heterocycles. The van der Waals surface area contributed by atoms with E-state index in [0.717, 1.165) is 37.2 Å². The quantitative estimate of drug-likeness (QED) is 0.864. The van der Waals surface area contributed by atoms with Crippen LogP contribution in [0.15, 0.2) is 28.7 Å². The molecule has 1 aliphatic rings. The van der Waals surface area contributed by atoms with Crippen LogP contribution in [-0.4, -0.2) is 19.3 Å². The van der Waals surface area contributed by atoms with Gasteiger partial charge in [-0.05, 0) is 38.7 Å². The number of furan rings is 1. The first kappa shape index (κ1) is 14.6. The fourth-order valence-corrected chi connectivity index (χ4v) is 3.29. The number of aryl methyl sites for hydroxylation is 1. The minimum Gasteiger partial charge on any atom is -0.459 e. The first-order valence-electron chi connectivity index (χ1n) is 7.98. The summed E-state index contributed by atoms with van der Waals surface area (Å²) in [5.74, 6) is 1.07. The number of hydrogen-bond donors (Lipinski definition) is 1. The lowest BCUT2D eigenvalue weighted by Crippen LogP contribution is -2.48. The Morgan fingerprint density at radius 3 is 2.71 bits per heavy atom. The molecule has 114 valence electrons. The molecule has 1 fully saturated rings. The van der Waals surface area contributed by atoms with Crippen molar-refractivity contribution in [2.24, 2.45) is 0 Å². The predicted molar refractivity (Wildman–Crippen MR) is 85.6 cm³/mol. The predicted octanol–water partition coefficient (Wildman–Crippen LogP) is 4.21. The molecule has 1 heterocycles. The van der Waals surface area contributed by atoms with Gasteiger partial charge in [-0.15, -0.1) is 0 Å². The summed E-state index contributed by atoms with van der Waals surface area (Å²) >= 11 is 0. The molecule has 0 spiro atoms. The second-order valence-electron chi connectivity index (χ2n) is 6.14. The molecule has 2 aromatic rings. The number of hydrogen-bond acceptors (Lipinski definition) is 3. The molecule has 1 aromatic heterocycles. The van der Waals surface area contributed by atoms with E-state index >= 15 is 0 Å². The molecule has 0 radical (unpaired) electrons. The Labute approximate surface area is 126 Å². The van der Waals surface area contributed by atoms with Crippen LogP contribution < -0.4 is 5.32 Å². The summed E-state index contributed by atoms with van der Waals surface area (Å²) in [5, 5.41) is 4.85. The Morgan fingerprint density at radius 1 is 1.33 bits per heavy atom. The van der Waals surface area contributed by atoms with Crippen molar-refractivity contribution in [3.8, 4) is 0 Å². The van der Waals surface area contributed by atoms with Gasteiger partial charge in [0.2, 0.25) is 0 Å². The van der Waals surface area contributed by atoms with Crippen LogP contribution in [0.1, 0.15) is 50.5 Å². The highest BCUT2D eigenvalue weighted by molar-refractivity contribution is 5.82. The Bertz CT molecular complexity index is 607. The summed E-state index contributed by atoms with van der Waals surface area (Å²) in [4.78, 5) is 0. The van der Waals surface area contributed by atoms with E-state index in [1.807, 2.05) is 19.2 Å². The van der Waals surface area contributed by atoms with Gasteiger partial charge in [-0.2, -0.15) is 0 Å². The maximum absolute atomic E-state index is 6.10. The van der Waals surface area contributed by atoms with Gasteiger partial charge in [0.05, 0.1) is 11.6 Å². The highest BCUT2D eigenvalue weighted by Gasteiger charge is 2.37. The molecule has 0 amide bonds. The van der Waals surface area contributed by atoms with E-state index in [1.165, 1.54) is 17.4 Å². The van der Waals surface area contributed by atoms with Gasteiger partial charge in [0, 0.05) is 24.6 Å². The van der Waals surface area contributed by atoms with Gasteiger partial charge in [0.1, 0.15) is 11.3 Å². The van der Waals surface area contributed by atoms with Crippen LogP contribution in [-0.2, 0) is 11.2 Å². The zero-order chi connectivity index (χ0) is 14.9. The van der Waals surface area contributed by atoms with Crippen LogP contribution >= 0.6 is 0 Å². The lowest BCUT2D eigenvalue weighted by atomic mass is 9.80. The largest absolute Gasteiger partial charge is 0.459 e. The maximum Gasteiger partial charge on any atom is 0.134 e. The van der Waals surface area contributed by atoms with Gasteiger partial charge in [-0.3, -0.25) is 0 Å². The Morgan fingerprint density at radius 2 is 2.10 bits per heavy atom. The fraction of sp³-hybridized carbons (Fsp3) is 0.556. The van der Waals surface area contributed by atoms with Gasteiger partial charge in [0.25, 0.3) is 0 Å². The van der Waals surface area contributed by atoms with Gasteiger partial charge >= 0.3 is 0 Å². The SMILES string of the molecule is CCc1c(C(C)NCC2(OC)CCC2)oc2ccccc12. The molecule has 1 atom stereocenters. The van der Waals surface area contributed by atoms with Crippen molar-refractivity contribution >= 4 is 11.0 Å². The van der Waals surface area contributed by atoms with E-state index in [-0.39, 0.29) is 11.6 Å². The fourth-order valence-electron chi connectivity index (χ4n) is 3.29. The van der Waals surface area contributed by atoms with Crippen molar-refractivity contribution in [2.45, 2.75) is 51.2 Å². The van der Waals surface area contributed by atoms with Crippen molar-refractivity contribution in [1.82, 2.24) is 5.32 Å². The lowest BCUT2D eigenvalue weighted by molar-refractivity contribution is -0.0709. The van der Waals surface area contributed by atoms with Gasteiger partial charge in [-0.1, -0.05) is 25.1 Å². The van der Waals surface area contributed by atoms with Crippen molar-refractivity contribution in [3.63, 3.8) is 0 Å². The van der Waals surface area contributed by atoms with Crippen molar-refractivity contribution in [1.29, 1.82) is 0 Å². The minimum absolute atomic E-state index is 0.0483. The highest BCUT2D eigenvalue weighted by atomic mass is 16.5. The molecule has 3 rings (SSSR count). The number of nitrogens with one attached hydrogen (secondary N) is 1. The topological polar surface area (TPSA) is 34.4 Å². The average Bonchev–Trinajstić information content (AvgIpc) is 2.85. The molecule has 0 bridgehead atoms. The molecule has 1 aliphatic carbocycles. The normalized spacial score (nSPS) is 18.6. The van der Waals surface area contributed by atoms with E-state index in [1.54, 1.807) is 0 Å². The lowest BCUT2D eigenvalue weighted by Gasteiger charge is -2.41. The number of methoxy groups -OCH3 is 1. The molecule has 3 nitrogen and oxygen atoms in total. The van der Waals surface area contributed by atoms with Gasteiger partial charge in [-0.25, -0.2) is 0 Å². The van der Waals surface area contributed by atoms with Crippen LogP contribution in [0.2, 0.25) is 0 Å². The molecule has 3 heteroatoms. The third kappa shape index (κ3) is 2.60. The van der Waals surface area contributed by atoms with Gasteiger partial charge in [0.15, 0.2) is 0 Å². The second kappa shape index (κ2) is 5.82. The number of rotatable bonds is 6. The molecule has 1 aromatic carbocycles. The van der Waals surface area contributed by atoms with E-state index in [0.29, 0.717) is 0 Å². The van der Waals surface area contributed by atoms with Crippen LogP contribution in [0.5, 0.6) is 0 Å². The number of fused-ring (bicyclic) bond motifs is 1. The van der Waals surface area contributed by atoms with Crippen molar-refractivity contribution in [3.05, 3.63) is 35.6 Å². The Balaban J connectivity index is 1.79. The number of ether oxygens (including phenoxy) is 1. The van der Waals surface area contributed by atoms with E-state index < -0.39 is 0 Å². The summed E-state index contributed by atoms with van der Waals surface area (Å²) in [5.41, 5.74) is 2.36. The third-order valence-corrected chi connectivity index (χ3v) is 4.90.